The lowest BCUT2D eigenvalue weighted by atomic mass is 9.86. The summed E-state index contributed by atoms with van der Waals surface area (Å²) in [5.41, 5.74) is 9.53. The van der Waals surface area contributed by atoms with Gasteiger partial charge >= 0.3 is 0 Å². The standard InChI is InChI=1S/C30H29NO/c1-32-29-15-7-4-11-25(29)12-8-20-31-21-18-26(19-22-31)30-27-13-5-2-9-23(27)16-17-24-10-3-6-14-28(24)30/h2-17H,18-22H2,1H3/b12-8+. The highest BCUT2D eigenvalue weighted by Crippen LogP contribution is 2.38. The van der Waals surface area contributed by atoms with Gasteiger partial charge in [0, 0.05) is 25.2 Å². The molecule has 1 heterocycles. The SMILES string of the molecule is COc1ccccc1/C=C/CN1CCC(=C2c3ccccc3C=Cc3ccccc32)CC1. The number of hydrogen-bond donors (Lipinski definition) is 0. The summed E-state index contributed by atoms with van der Waals surface area (Å²) in [6.07, 6.45) is 11.2. The topological polar surface area (TPSA) is 12.5 Å². The van der Waals surface area contributed by atoms with E-state index in [0.717, 1.165) is 43.8 Å². The van der Waals surface area contributed by atoms with E-state index in [1.165, 1.54) is 27.8 Å². The second-order valence-electron chi connectivity index (χ2n) is 8.43. The Labute approximate surface area is 191 Å². The predicted octanol–water partition coefficient (Wildman–Crippen LogP) is 6.79. The van der Waals surface area contributed by atoms with Crippen LogP contribution in [0.4, 0.5) is 0 Å². The van der Waals surface area contributed by atoms with Crippen molar-refractivity contribution in [3.8, 4) is 5.75 Å². The van der Waals surface area contributed by atoms with Gasteiger partial charge in [0.15, 0.2) is 0 Å². The second kappa shape index (κ2) is 9.42. The molecule has 2 heteroatoms. The molecule has 160 valence electrons. The lowest BCUT2D eigenvalue weighted by Crippen LogP contribution is -2.31. The quantitative estimate of drug-likeness (QED) is 0.361. The molecule has 0 spiro atoms. The zero-order valence-electron chi connectivity index (χ0n) is 18.6. The predicted molar refractivity (Wildman–Crippen MR) is 136 cm³/mol. The number of rotatable bonds is 4. The van der Waals surface area contributed by atoms with Gasteiger partial charge in [-0.25, -0.2) is 0 Å². The fraction of sp³-hybridized carbons (Fsp3) is 0.200. The number of nitrogens with zero attached hydrogens (tertiary/aromatic N) is 1. The van der Waals surface area contributed by atoms with Gasteiger partial charge in [-0.1, -0.05) is 96.6 Å². The van der Waals surface area contributed by atoms with Crippen molar-refractivity contribution in [1.29, 1.82) is 0 Å². The summed E-state index contributed by atoms with van der Waals surface area (Å²) < 4.78 is 5.46. The molecule has 0 saturated carbocycles. The van der Waals surface area contributed by atoms with Crippen LogP contribution in [0.2, 0.25) is 0 Å². The van der Waals surface area contributed by atoms with Crippen molar-refractivity contribution in [1.82, 2.24) is 4.90 Å². The van der Waals surface area contributed by atoms with Crippen LogP contribution in [0.15, 0.2) is 84.4 Å². The van der Waals surface area contributed by atoms with Crippen LogP contribution < -0.4 is 4.74 Å². The van der Waals surface area contributed by atoms with Crippen molar-refractivity contribution in [3.05, 3.63) is 112 Å². The number of methoxy groups -OCH3 is 1. The third-order valence-electron chi connectivity index (χ3n) is 6.52. The minimum atomic E-state index is 0.925. The Bertz CT molecular complexity index is 1140. The Balaban J connectivity index is 1.36. The average Bonchev–Trinajstić information content (AvgIpc) is 3.02. The minimum absolute atomic E-state index is 0.925. The molecular formula is C30H29NO. The van der Waals surface area contributed by atoms with Crippen LogP contribution >= 0.6 is 0 Å². The first kappa shape index (κ1) is 20.5. The van der Waals surface area contributed by atoms with Crippen LogP contribution in [0, 0.1) is 0 Å². The van der Waals surface area contributed by atoms with Gasteiger partial charge in [0.25, 0.3) is 0 Å². The molecule has 0 N–H and O–H groups in total. The van der Waals surface area contributed by atoms with E-state index in [2.05, 4.69) is 89.9 Å². The van der Waals surface area contributed by atoms with Crippen molar-refractivity contribution in [3.63, 3.8) is 0 Å². The highest BCUT2D eigenvalue weighted by molar-refractivity contribution is 5.94. The lowest BCUT2D eigenvalue weighted by molar-refractivity contribution is 0.284. The molecule has 1 aliphatic heterocycles. The Kier molecular flexibility index (Phi) is 6.04. The summed E-state index contributed by atoms with van der Waals surface area (Å²) in [6, 6.07) is 25.8. The van der Waals surface area contributed by atoms with Crippen LogP contribution in [0.1, 0.15) is 40.7 Å². The van der Waals surface area contributed by atoms with Gasteiger partial charge in [-0.2, -0.15) is 0 Å². The average molecular weight is 420 g/mol. The number of para-hydroxylation sites is 1. The van der Waals surface area contributed by atoms with Crippen LogP contribution in [-0.4, -0.2) is 31.6 Å². The van der Waals surface area contributed by atoms with Crippen LogP contribution in [0.25, 0.3) is 23.8 Å². The number of likely N-dealkylation sites (tertiary alicyclic amines) is 1. The molecule has 0 unspecified atom stereocenters. The Hall–Kier alpha value is -3.36. The first-order chi connectivity index (χ1) is 15.8. The normalized spacial score (nSPS) is 16.0. The van der Waals surface area contributed by atoms with E-state index in [4.69, 9.17) is 4.74 Å². The van der Waals surface area contributed by atoms with E-state index in [1.54, 1.807) is 12.7 Å². The first-order valence-corrected chi connectivity index (χ1v) is 11.4. The van der Waals surface area contributed by atoms with Gasteiger partial charge in [-0.15, -0.1) is 0 Å². The zero-order chi connectivity index (χ0) is 21.8. The highest BCUT2D eigenvalue weighted by Gasteiger charge is 2.22. The van der Waals surface area contributed by atoms with Crippen molar-refractivity contribution >= 4 is 23.8 Å². The van der Waals surface area contributed by atoms with Gasteiger partial charge in [0.1, 0.15) is 5.75 Å². The largest absolute Gasteiger partial charge is 0.496 e. The van der Waals surface area contributed by atoms with Gasteiger partial charge in [-0.3, -0.25) is 4.90 Å². The molecule has 1 aliphatic carbocycles. The highest BCUT2D eigenvalue weighted by atomic mass is 16.5. The Morgan fingerprint density at radius 2 is 1.38 bits per heavy atom. The molecule has 2 nitrogen and oxygen atoms in total. The van der Waals surface area contributed by atoms with Gasteiger partial charge < -0.3 is 4.74 Å². The van der Waals surface area contributed by atoms with Crippen molar-refractivity contribution < 1.29 is 4.74 Å². The van der Waals surface area contributed by atoms with Crippen LogP contribution in [0.5, 0.6) is 5.75 Å². The third kappa shape index (κ3) is 4.19. The van der Waals surface area contributed by atoms with E-state index in [0.29, 0.717) is 0 Å². The molecular weight excluding hydrogens is 390 g/mol. The molecule has 32 heavy (non-hydrogen) atoms. The van der Waals surface area contributed by atoms with Crippen molar-refractivity contribution in [2.45, 2.75) is 12.8 Å². The van der Waals surface area contributed by atoms with Crippen molar-refractivity contribution in [2.75, 3.05) is 26.7 Å². The molecule has 1 saturated heterocycles. The maximum absolute atomic E-state index is 5.46. The minimum Gasteiger partial charge on any atom is -0.496 e. The molecule has 0 radical (unpaired) electrons. The van der Waals surface area contributed by atoms with E-state index in [-0.39, 0.29) is 0 Å². The molecule has 3 aromatic rings. The summed E-state index contributed by atoms with van der Waals surface area (Å²) in [6.45, 7) is 3.15. The summed E-state index contributed by atoms with van der Waals surface area (Å²) in [5.74, 6) is 0.925. The first-order valence-electron chi connectivity index (χ1n) is 11.4. The summed E-state index contributed by atoms with van der Waals surface area (Å²) in [4.78, 5) is 2.54. The number of piperidine rings is 1. The molecule has 5 rings (SSSR count). The van der Waals surface area contributed by atoms with Crippen LogP contribution in [0.3, 0.4) is 0 Å². The molecule has 0 amide bonds. The van der Waals surface area contributed by atoms with Gasteiger partial charge in [-0.05, 0) is 46.7 Å². The fourth-order valence-electron chi connectivity index (χ4n) is 4.83. The summed E-state index contributed by atoms with van der Waals surface area (Å²) >= 11 is 0. The maximum Gasteiger partial charge on any atom is 0.126 e. The Morgan fingerprint density at radius 3 is 2.03 bits per heavy atom. The number of benzene rings is 3. The second-order valence-corrected chi connectivity index (χ2v) is 8.43. The van der Waals surface area contributed by atoms with E-state index in [9.17, 15) is 0 Å². The van der Waals surface area contributed by atoms with E-state index in [1.807, 2.05) is 12.1 Å². The van der Waals surface area contributed by atoms with E-state index >= 15 is 0 Å². The van der Waals surface area contributed by atoms with Crippen LogP contribution in [-0.2, 0) is 0 Å². The number of ether oxygens (including phenoxy) is 1. The molecule has 0 aromatic heterocycles. The molecule has 1 fully saturated rings. The number of hydrogen-bond acceptors (Lipinski definition) is 2. The number of fused-ring (bicyclic) bond motifs is 2. The maximum atomic E-state index is 5.46. The third-order valence-corrected chi connectivity index (χ3v) is 6.52. The summed E-state index contributed by atoms with van der Waals surface area (Å²) in [7, 11) is 1.73. The monoisotopic (exact) mass is 419 g/mol. The zero-order valence-corrected chi connectivity index (χ0v) is 18.6. The van der Waals surface area contributed by atoms with E-state index < -0.39 is 0 Å². The lowest BCUT2D eigenvalue weighted by Gasteiger charge is -2.29. The molecule has 3 aromatic carbocycles. The van der Waals surface area contributed by atoms with Gasteiger partial charge in [0.05, 0.1) is 7.11 Å². The Morgan fingerprint density at radius 1 is 0.781 bits per heavy atom. The molecule has 0 bridgehead atoms. The van der Waals surface area contributed by atoms with Gasteiger partial charge in [0.2, 0.25) is 0 Å². The summed E-state index contributed by atoms with van der Waals surface area (Å²) in [5, 5.41) is 0. The van der Waals surface area contributed by atoms with Crippen molar-refractivity contribution in [2.24, 2.45) is 0 Å². The molecule has 0 atom stereocenters. The molecule has 2 aliphatic rings. The smallest absolute Gasteiger partial charge is 0.126 e. The fourth-order valence-corrected chi connectivity index (χ4v) is 4.83.